The van der Waals surface area contributed by atoms with Crippen LogP contribution in [-0.4, -0.2) is 21.4 Å². The molecule has 174 valence electrons. The summed E-state index contributed by atoms with van der Waals surface area (Å²) in [4.78, 5) is 12.5. The number of nitrogens with one attached hydrogen (secondary N) is 1. The highest BCUT2D eigenvalue weighted by atomic mass is 32.2. The highest BCUT2D eigenvalue weighted by Gasteiger charge is 2.37. The molecule has 3 aromatic carbocycles. The highest BCUT2D eigenvalue weighted by molar-refractivity contribution is 7.89. The summed E-state index contributed by atoms with van der Waals surface area (Å²) in [6, 6.07) is 10.6. The number of sulfonamides is 1. The molecule has 33 heavy (non-hydrogen) atoms. The first kappa shape index (κ1) is 24.0. The third-order valence-electron chi connectivity index (χ3n) is 4.32. The second-order valence-corrected chi connectivity index (χ2v) is 8.16. The van der Waals surface area contributed by atoms with Crippen molar-refractivity contribution in [1.82, 2.24) is 0 Å². The van der Waals surface area contributed by atoms with E-state index >= 15 is 0 Å². The van der Waals surface area contributed by atoms with Gasteiger partial charge in [0.1, 0.15) is 11.6 Å². The Hall–Kier alpha value is -3.64. The Bertz CT molecular complexity index is 1310. The molecule has 0 unspecified atom stereocenters. The fourth-order valence-corrected chi connectivity index (χ4v) is 3.43. The minimum Gasteiger partial charge on any atom is -0.493 e. The number of nitrogens with two attached hydrogens (primary N) is 1. The lowest BCUT2D eigenvalue weighted by Crippen LogP contribution is -2.20. The normalized spacial score (nSPS) is 11.7. The summed E-state index contributed by atoms with van der Waals surface area (Å²) in [7, 11) is -2.91. The molecule has 0 heterocycles. The number of methoxy groups -OCH3 is 1. The van der Waals surface area contributed by atoms with E-state index in [9.17, 15) is 30.8 Å². The van der Waals surface area contributed by atoms with Gasteiger partial charge < -0.3 is 14.8 Å². The van der Waals surface area contributed by atoms with E-state index in [2.05, 4.69) is 5.32 Å². The Morgan fingerprint density at radius 3 is 2.30 bits per heavy atom. The Labute approximate surface area is 185 Å². The largest absolute Gasteiger partial charge is 0.493 e. The van der Waals surface area contributed by atoms with Crippen LogP contribution in [0.4, 0.5) is 23.2 Å². The third-order valence-corrected chi connectivity index (χ3v) is 5.24. The van der Waals surface area contributed by atoms with Crippen LogP contribution in [0.15, 0.2) is 65.6 Å². The van der Waals surface area contributed by atoms with Crippen LogP contribution in [0.1, 0.15) is 15.9 Å². The van der Waals surface area contributed by atoms with E-state index < -0.39 is 44.8 Å². The molecule has 0 aliphatic heterocycles. The first-order chi connectivity index (χ1) is 15.4. The zero-order chi connectivity index (χ0) is 24.4. The number of hydrogen-bond acceptors (Lipinski definition) is 5. The highest BCUT2D eigenvalue weighted by Crippen LogP contribution is 2.40. The van der Waals surface area contributed by atoms with E-state index in [1.807, 2.05) is 0 Å². The summed E-state index contributed by atoms with van der Waals surface area (Å²) in [5.74, 6) is -2.64. The fourth-order valence-electron chi connectivity index (χ4n) is 2.88. The van der Waals surface area contributed by atoms with Gasteiger partial charge in [0.25, 0.3) is 5.91 Å². The van der Waals surface area contributed by atoms with Gasteiger partial charge >= 0.3 is 6.18 Å². The molecule has 3 aromatic rings. The van der Waals surface area contributed by atoms with Crippen LogP contribution < -0.4 is 19.9 Å². The van der Waals surface area contributed by atoms with Gasteiger partial charge in [-0.3, -0.25) is 4.79 Å². The van der Waals surface area contributed by atoms with Crippen molar-refractivity contribution in [2.24, 2.45) is 5.14 Å². The molecule has 3 N–H and O–H groups in total. The molecule has 0 saturated heterocycles. The molecule has 0 saturated carbocycles. The van der Waals surface area contributed by atoms with E-state index in [4.69, 9.17) is 14.6 Å². The van der Waals surface area contributed by atoms with E-state index in [0.717, 1.165) is 42.5 Å². The van der Waals surface area contributed by atoms with E-state index in [0.29, 0.717) is 6.07 Å². The van der Waals surface area contributed by atoms with Crippen molar-refractivity contribution in [2.45, 2.75) is 11.1 Å². The average molecular weight is 484 g/mol. The molecule has 3 rings (SSSR count). The summed E-state index contributed by atoms with van der Waals surface area (Å²) in [5.41, 5.74) is -2.30. The minimum absolute atomic E-state index is 0.111. The number of primary sulfonamides is 1. The number of rotatable bonds is 6. The lowest BCUT2D eigenvalue weighted by molar-refractivity contribution is -0.138. The molecule has 0 spiro atoms. The second-order valence-electron chi connectivity index (χ2n) is 6.60. The molecule has 0 aliphatic carbocycles. The van der Waals surface area contributed by atoms with Crippen molar-refractivity contribution in [2.75, 3.05) is 12.4 Å². The zero-order valence-corrected chi connectivity index (χ0v) is 17.6. The number of ether oxygens (including phenoxy) is 2. The van der Waals surface area contributed by atoms with Crippen molar-refractivity contribution < 1.29 is 40.2 Å². The van der Waals surface area contributed by atoms with Gasteiger partial charge in [0.15, 0.2) is 11.5 Å². The lowest BCUT2D eigenvalue weighted by Gasteiger charge is -2.18. The van der Waals surface area contributed by atoms with Gasteiger partial charge in [-0.2, -0.15) is 13.2 Å². The molecular weight excluding hydrogens is 468 g/mol. The predicted octanol–water partition coefficient (Wildman–Crippen LogP) is 4.55. The van der Waals surface area contributed by atoms with Gasteiger partial charge in [0, 0.05) is 11.8 Å². The van der Waals surface area contributed by atoms with Crippen LogP contribution in [0.3, 0.4) is 0 Å². The smallest absolute Gasteiger partial charge is 0.417 e. The maximum absolute atomic E-state index is 13.7. The first-order valence-corrected chi connectivity index (χ1v) is 10.6. The molecule has 0 aromatic heterocycles. The third kappa shape index (κ3) is 5.59. The standard InChI is InChI=1S/C21H16F4N2O5S/c1-31-18-10-12(22)8-9-16(18)32-17-7-3-6-15(21(23,24)25)19(17)20(28)27-13-4-2-5-14(11-13)33(26,29)30/h2-11H,1H3,(H,27,28)(H2,26,29,30). The van der Waals surface area contributed by atoms with Crippen LogP contribution in [-0.2, 0) is 16.2 Å². The predicted molar refractivity (Wildman–Crippen MR) is 110 cm³/mol. The molecule has 0 bridgehead atoms. The zero-order valence-electron chi connectivity index (χ0n) is 16.8. The van der Waals surface area contributed by atoms with Crippen molar-refractivity contribution in [3.8, 4) is 17.2 Å². The molecule has 0 fully saturated rings. The van der Waals surface area contributed by atoms with Crippen molar-refractivity contribution in [3.63, 3.8) is 0 Å². The SMILES string of the molecule is COc1cc(F)ccc1Oc1cccc(C(F)(F)F)c1C(=O)Nc1cccc(S(N)(=O)=O)c1. The van der Waals surface area contributed by atoms with Gasteiger partial charge in [-0.25, -0.2) is 17.9 Å². The number of benzene rings is 3. The molecule has 0 radical (unpaired) electrons. The van der Waals surface area contributed by atoms with Crippen LogP contribution in [0.25, 0.3) is 0 Å². The Balaban J connectivity index is 2.07. The Kier molecular flexibility index (Phi) is 6.60. The number of amides is 1. The maximum atomic E-state index is 13.7. The molecular formula is C21H16F4N2O5S. The van der Waals surface area contributed by atoms with E-state index in [1.54, 1.807) is 0 Å². The van der Waals surface area contributed by atoms with Gasteiger partial charge in [-0.15, -0.1) is 0 Å². The summed E-state index contributed by atoms with van der Waals surface area (Å²) in [5, 5.41) is 7.27. The molecule has 0 aliphatic rings. The molecule has 12 heteroatoms. The maximum Gasteiger partial charge on any atom is 0.417 e. The number of alkyl halides is 3. The summed E-state index contributed by atoms with van der Waals surface area (Å²) < 4.78 is 88.0. The monoisotopic (exact) mass is 484 g/mol. The number of hydrogen-bond donors (Lipinski definition) is 2. The second kappa shape index (κ2) is 9.08. The summed E-state index contributed by atoms with van der Waals surface area (Å²) in [6.07, 6.45) is -4.93. The van der Waals surface area contributed by atoms with Gasteiger partial charge in [0.05, 0.1) is 23.1 Å². The van der Waals surface area contributed by atoms with Crippen molar-refractivity contribution in [3.05, 3.63) is 77.6 Å². The van der Waals surface area contributed by atoms with Gasteiger partial charge in [-0.1, -0.05) is 12.1 Å². The quantitative estimate of drug-likeness (QED) is 0.500. The van der Waals surface area contributed by atoms with Crippen molar-refractivity contribution in [1.29, 1.82) is 0 Å². The number of halogens is 4. The molecule has 0 atom stereocenters. The fraction of sp³-hybridized carbons (Fsp3) is 0.0952. The number of anilines is 1. The topological polar surface area (TPSA) is 108 Å². The van der Waals surface area contributed by atoms with Crippen LogP contribution in [0, 0.1) is 5.82 Å². The van der Waals surface area contributed by atoms with Gasteiger partial charge in [-0.05, 0) is 42.5 Å². The average Bonchev–Trinajstić information content (AvgIpc) is 2.73. The molecule has 1 amide bonds. The van der Waals surface area contributed by atoms with E-state index in [1.165, 1.54) is 19.2 Å². The summed E-state index contributed by atoms with van der Waals surface area (Å²) >= 11 is 0. The lowest BCUT2D eigenvalue weighted by atomic mass is 10.0. The summed E-state index contributed by atoms with van der Waals surface area (Å²) in [6.45, 7) is 0. The van der Waals surface area contributed by atoms with Crippen LogP contribution in [0.5, 0.6) is 17.2 Å². The van der Waals surface area contributed by atoms with Crippen LogP contribution in [0.2, 0.25) is 0 Å². The first-order valence-electron chi connectivity index (χ1n) is 9.06. The van der Waals surface area contributed by atoms with Gasteiger partial charge in [0.2, 0.25) is 10.0 Å². The van der Waals surface area contributed by atoms with Crippen molar-refractivity contribution >= 4 is 21.6 Å². The Morgan fingerprint density at radius 2 is 1.67 bits per heavy atom. The van der Waals surface area contributed by atoms with E-state index in [-0.39, 0.29) is 22.1 Å². The van der Waals surface area contributed by atoms with Crippen LogP contribution >= 0.6 is 0 Å². The molecule has 7 nitrogen and oxygen atoms in total. The number of carbonyl (C=O) groups is 1. The Morgan fingerprint density at radius 1 is 0.970 bits per heavy atom. The minimum atomic E-state index is -4.93. The number of carbonyl (C=O) groups excluding carboxylic acids is 1.